The van der Waals surface area contributed by atoms with Crippen molar-refractivity contribution in [2.45, 2.75) is 12.5 Å². The highest BCUT2D eigenvalue weighted by atomic mass is 32.1. The lowest BCUT2D eigenvalue weighted by molar-refractivity contribution is -0.123. The Morgan fingerprint density at radius 1 is 0.909 bits per heavy atom. The number of carbonyl (C=O) groups is 3. The fourth-order valence-electron chi connectivity index (χ4n) is 4.45. The molecule has 2 aliphatic rings. The summed E-state index contributed by atoms with van der Waals surface area (Å²) in [6.45, 7) is 2.61. The highest BCUT2D eigenvalue weighted by molar-refractivity contribution is 7.12. The van der Waals surface area contributed by atoms with Crippen LogP contribution >= 0.6 is 11.3 Å². The summed E-state index contributed by atoms with van der Waals surface area (Å²) in [7, 11) is 0. The Kier molecular flexibility index (Phi) is 5.78. The third-order valence-corrected chi connectivity index (χ3v) is 7.08. The molecule has 8 heteroatoms. The zero-order valence-corrected chi connectivity index (χ0v) is 18.6. The van der Waals surface area contributed by atoms with Crippen LogP contribution in [0.3, 0.4) is 0 Å². The largest absolute Gasteiger partial charge is 0.369 e. The molecule has 0 saturated carbocycles. The number of ketones is 1. The molecule has 3 heterocycles. The van der Waals surface area contributed by atoms with Gasteiger partial charge in [-0.1, -0.05) is 18.2 Å². The second-order valence-corrected chi connectivity index (χ2v) is 9.06. The molecule has 5 rings (SSSR count). The smallest absolute Gasteiger partial charge is 0.251 e. The van der Waals surface area contributed by atoms with Gasteiger partial charge in [-0.2, -0.15) is 0 Å². The van der Waals surface area contributed by atoms with Crippen LogP contribution in [0.15, 0.2) is 66.0 Å². The number of amides is 2. The van der Waals surface area contributed by atoms with Gasteiger partial charge in [0.2, 0.25) is 11.7 Å². The Bertz CT molecular complexity index is 1190. The van der Waals surface area contributed by atoms with Gasteiger partial charge >= 0.3 is 0 Å². The van der Waals surface area contributed by atoms with Gasteiger partial charge in [0.05, 0.1) is 23.0 Å². The summed E-state index contributed by atoms with van der Waals surface area (Å²) in [6.07, 6.45) is 0.0622. The fraction of sp³-hybridized carbons (Fsp3) is 0.240. The maximum absolute atomic E-state index is 14.2. The van der Waals surface area contributed by atoms with Crippen LogP contribution in [0.25, 0.3) is 0 Å². The van der Waals surface area contributed by atoms with E-state index in [-0.39, 0.29) is 29.7 Å². The average molecular weight is 464 g/mol. The monoisotopic (exact) mass is 463 g/mol. The number of benzene rings is 2. The Morgan fingerprint density at radius 3 is 2.30 bits per heavy atom. The van der Waals surface area contributed by atoms with E-state index in [0.29, 0.717) is 31.7 Å². The van der Waals surface area contributed by atoms with E-state index in [2.05, 4.69) is 4.90 Å². The standard InChI is InChI=1S/C25H22FN3O3S/c26-19-4-1-2-5-20(19)29-23(30)16-21(25(29)32)28-13-11-27(12-14-28)18-9-7-17(8-10-18)24(31)22-6-3-15-33-22/h1-10,15,21H,11-14,16H2/t21-/m1/s1. The van der Waals surface area contributed by atoms with E-state index in [0.717, 1.165) is 15.5 Å². The SMILES string of the molecule is O=C(c1ccc(N2CCN([C@@H]3CC(=O)N(c4ccccc4F)C3=O)CC2)cc1)c1cccs1. The minimum absolute atomic E-state index is 0.0187. The first-order valence-corrected chi connectivity index (χ1v) is 11.7. The summed E-state index contributed by atoms with van der Waals surface area (Å²) in [5.74, 6) is -1.30. The number of carbonyl (C=O) groups excluding carboxylic acids is 3. The maximum atomic E-state index is 14.2. The van der Waals surface area contributed by atoms with E-state index in [1.54, 1.807) is 6.07 Å². The van der Waals surface area contributed by atoms with Crippen molar-refractivity contribution >= 4 is 40.3 Å². The van der Waals surface area contributed by atoms with E-state index in [9.17, 15) is 18.8 Å². The van der Waals surface area contributed by atoms with E-state index < -0.39 is 11.9 Å². The van der Waals surface area contributed by atoms with Gasteiger partial charge in [0, 0.05) is 37.4 Å². The molecule has 0 unspecified atom stereocenters. The summed E-state index contributed by atoms with van der Waals surface area (Å²) in [5.41, 5.74) is 1.69. The summed E-state index contributed by atoms with van der Waals surface area (Å²) < 4.78 is 14.2. The summed E-state index contributed by atoms with van der Waals surface area (Å²) in [6, 6.07) is 16.6. The summed E-state index contributed by atoms with van der Waals surface area (Å²) in [5, 5.41) is 1.89. The normalized spacial score (nSPS) is 19.4. The van der Waals surface area contributed by atoms with Gasteiger partial charge in [-0.15, -0.1) is 11.3 Å². The molecule has 3 aromatic rings. The van der Waals surface area contributed by atoms with Crippen molar-refractivity contribution in [1.82, 2.24) is 4.90 Å². The number of imide groups is 1. The average Bonchev–Trinajstić information content (AvgIpc) is 3.48. The number of rotatable bonds is 5. The van der Waals surface area contributed by atoms with Crippen molar-refractivity contribution in [2.75, 3.05) is 36.0 Å². The Hall–Kier alpha value is -3.36. The van der Waals surface area contributed by atoms with Crippen molar-refractivity contribution in [3.05, 3.63) is 82.3 Å². The third kappa shape index (κ3) is 4.07. The molecule has 0 bridgehead atoms. The maximum Gasteiger partial charge on any atom is 0.251 e. The van der Waals surface area contributed by atoms with Crippen molar-refractivity contribution in [1.29, 1.82) is 0 Å². The molecular formula is C25H22FN3O3S. The van der Waals surface area contributed by atoms with E-state index in [1.807, 2.05) is 46.7 Å². The molecule has 168 valence electrons. The Labute approximate surface area is 194 Å². The van der Waals surface area contributed by atoms with Crippen molar-refractivity contribution in [3.63, 3.8) is 0 Å². The van der Waals surface area contributed by atoms with E-state index in [1.165, 1.54) is 29.5 Å². The number of piperazine rings is 1. The molecule has 2 amide bonds. The van der Waals surface area contributed by atoms with Crippen LogP contribution in [0.5, 0.6) is 0 Å². The highest BCUT2D eigenvalue weighted by Crippen LogP contribution is 2.29. The van der Waals surface area contributed by atoms with Crippen LogP contribution < -0.4 is 9.80 Å². The molecule has 0 radical (unpaired) electrons. The van der Waals surface area contributed by atoms with Crippen LogP contribution in [0.2, 0.25) is 0 Å². The number of hydrogen-bond acceptors (Lipinski definition) is 6. The van der Waals surface area contributed by atoms with Gasteiger partial charge in [0.25, 0.3) is 5.91 Å². The molecule has 6 nitrogen and oxygen atoms in total. The molecular weight excluding hydrogens is 441 g/mol. The number of anilines is 2. The van der Waals surface area contributed by atoms with Gasteiger partial charge in [-0.3, -0.25) is 19.3 Å². The van der Waals surface area contributed by atoms with Crippen LogP contribution in [-0.4, -0.2) is 54.7 Å². The quantitative estimate of drug-likeness (QED) is 0.428. The minimum atomic E-state index is -0.578. The second-order valence-electron chi connectivity index (χ2n) is 8.12. The number of nitrogens with zero attached hydrogens (tertiary/aromatic N) is 3. The predicted octanol–water partition coefficient (Wildman–Crippen LogP) is 3.57. The molecule has 0 aliphatic carbocycles. The van der Waals surface area contributed by atoms with Gasteiger partial charge in [-0.25, -0.2) is 9.29 Å². The number of thiophene rings is 1. The molecule has 33 heavy (non-hydrogen) atoms. The van der Waals surface area contributed by atoms with E-state index in [4.69, 9.17) is 0 Å². The minimum Gasteiger partial charge on any atom is -0.369 e. The van der Waals surface area contributed by atoms with Gasteiger partial charge in [0.1, 0.15) is 5.82 Å². The summed E-state index contributed by atoms with van der Waals surface area (Å²) >= 11 is 1.43. The molecule has 2 aromatic carbocycles. The van der Waals surface area contributed by atoms with Crippen LogP contribution in [0.4, 0.5) is 15.8 Å². The van der Waals surface area contributed by atoms with Crippen molar-refractivity contribution in [3.8, 4) is 0 Å². The molecule has 2 saturated heterocycles. The second kappa shape index (κ2) is 8.88. The first kappa shape index (κ1) is 21.5. The molecule has 0 N–H and O–H groups in total. The lowest BCUT2D eigenvalue weighted by Gasteiger charge is -2.38. The first-order valence-electron chi connectivity index (χ1n) is 10.8. The fourth-order valence-corrected chi connectivity index (χ4v) is 5.14. The lowest BCUT2D eigenvalue weighted by atomic mass is 10.1. The van der Waals surface area contributed by atoms with E-state index >= 15 is 0 Å². The topological polar surface area (TPSA) is 60.9 Å². The predicted molar refractivity (Wildman–Crippen MR) is 125 cm³/mol. The Balaban J connectivity index is 1.22. The highest BCUT2D eigenvalue weighted by Gasteiger charge is 2.44. The number of hydrogen-bond donors (Lipinski definition) is 0. The number of para-hydroxylation sites is 1. The molecule has 2 aliphatic heterocycles. The molecule has 1 aromatic heterocycles. The first-order chi connectivity index (χ1) is 16.0. The van der Waals surface area contributed by atoms with Gasteiger partial charge in [0.15, 0.2) is 0 Å². The van der Waals surface area contributed by atoms with Gasteiger partial charge < -0.3 is 4.90 Å². The third-order valence-electron chi connectivity index (χ3n) is 6.21. The zero-order valence-electron chi connectivity index (χ0n) is 17.8. The molecule has 1 atom stereocenters. The zero-order chi connectivity index (χ0) is 22.9. The van der Waals surface area contributed by atoms with Crippen molar-refractivity contribution < 1.29 is 18.8 Å². The molecule has 2 fully saturated rings. The molecule has 0 spiro atoms. The number of halogens is 1. The summed E-state index contributed by atoms with van der Waals surface area (Å²) in [4.78, 5) is 43.9. The lowest BCUT2D eigenvalue weighted by Crippen LogP contribution is -2.52. The Morgan fingerprint density at radius 2 is 1.64 bits per heavy atom. The van der Waals surface area contributed by atoms with Crippen LogP contribution in [-0.2, 0) is 9.59 Å². The van der Waals surface area contributed by atoms with Crippen LogP contribution in [0, 0.1) is 5.82 Å². The van der Waals surface area contributed by atoms with Gasteiger partial charge in [-0.05, 0) is 47.8 Å². The van der Waals surface area contributed by atoms with Crippen LogP contribution in [0.1, 0.15) is 21.7 Å². The van der Waals surface area contributed by atoms with Crippen molar-refractivity contribution in [2.24, 2.45) is 0 Å².